The summed E-state index contributed by atoms with van der Waals surface area (Å²) in [5.41, 5.74) is 1.45. The minimum atomic E-state index is -0.738. The van der Waals surface area contributed by atoms with Crippen LogP contribution in [0.1, 0.15) is 17.2 Å². The molecule has 0 radical (unpaired) electrons. The molecule has 1 unspecified atom stereocenters. The SMILES string of the molecule is OC(COC(c1ccc(F)cc1)c1ccc(F)cc1)Cn1ccnc1. The molecule has 0 saturated heterocycles. The van der Waals surface area contributed by atoms with Gasteiger partial charge in [-0.3, -0.25) is 0 Å². The molecule has 3 aromatic rings. The average molecular weight is 344 g/mol. The molecule has 1 aromatic heterocycles. The van der Waals surface area contributed by atoms with Gasteiger partial charge >= 0.3 is 0 Å². The van der Waals surface area contributed by atoms with Crippen LogP contribution < -0.4 is 0 Å². The number of aromatic nitrogens is 2. The van der Waals surface area contributed by atoms with Gasteiger partial charge in [0.25, 0.3) is 0 Å². The van der Waals surface area contributed by atoms with Crippen molar-refractivity contribution < 1.29 is 18.6 Å². The summed E-state index contributed by atoms with van der Waals surface area (Å²) in [6.07, 6.45) is 3.73. The Bertz CT molecular complexity index is 729. The number of imidazole rings is 1. The molecule has 0 amide bonds. The van der Waals surface area contributed by atoms with E-state index in [-0.39, 0.29) is 18.2 Å². The smallest absolute Gasteiger partial charge is 0.123 e. The Balaban J connectivity index is 1.74. The van der Waals surface area contributed by atoms with E-state index in [4.69, 9.17) is 4.74 Å². The fraction of sp³-hybridized carbons (Fsp3) is 0.211. The highest BCUT2D eigenvalue weighted by Gasteiger charge is 2.17. The number of hydrogen-bond acceptors (Lipinski definition) is 3. The van der Waals surface area contributed by atoms with Crippen LogP contribution >= 0.6 is 0 Å². The number of ether oxygens (including phenoxy) is 1. The van der Waals surface area contributed by atoms with Crippen LogP contribution in [0.15, 0.2) is 67.3 Å². The van der Waals surface area contributed by atoms with E-state index in [0.29, 0.717) is 6.54 Å². The first-order valence-corrected chi connectivity index (χ1v) is 7.88. The van der Waals surface area contributed by atoms with Crippen molar-refractivity contribution in [2.24, 2.45) is 0 Å². The minimum Gasteiger partial charge on any atom is -0.389 e. The summed E-state index contributed by atoms with van der Waals surface area (Å²) < 4.78 is 34.0. The molecular weight excluding hydrogens is 326 g/mol. The van der Waals surface area contributed by atoms with Gasteiger partial charge in [-0.2, -0.15) is 0 Å². The molecule has 0 aliphatic heterocycles. The Labute approximate surface area is 144 Å². The third-order valence-corrected chi connectivity index (χ3v) is 3.78. The Kier molecular flexibility index (Phi) is 5.53. The van der Waals surface area contributed by atoms with Crippen LogP contribution in [0.5, 0.6) is 0 Å². The molecule has 4 nitrogen and oxygen atoms in total. The quantitative estimate of drug-likeness (QED) is 0.715. The Morgan fingerprint density at radius 2 is 1.52 bits per heavy atom. The van der Waals surface area contributed by atoms with Gasteiger partial charge in [0.1, 0.15) is 17.7 Å². The molecule has 2 aromatic carbocycles. The number of aliphatic hydroxyl groups excluding tert-OH is 1. The molecule has 0 aliphatic carbocycles. The number of hydrogen-bond donors (Lipinski definition) is 1. The van der Waals surface area contributed by atoms with Crippen molar-refractivity contribution in [3.05, 3.63) is 90.0 Å². The van der Waals surface area contributed by atoms with Crippen LogP contribution in [0.4, 0.5) is 8.78 Å². The molecule has 1 N–H and O–H groups in total. The summed E-state index contributed by atoms with van der Waals surface area (Å²) in [6, 6.07) is 11.8. The highest BCUT2D eigenvalue weighted by Crippen LogP contribution is 2.26. The molecule has 0 spiro atoms. The van der Waals surface area contributed by atoms with Gasteiger partial charge < -0.3 is 14.4 Å². The summed E-state index contributed by atoms with van der Waals surface area (Å²) in [6.45, 7) is 0.414. The van der Waals surface area contributed by atoms with Crippen molar-refractivity contribution in [2.45, 2.75) is 18.8 Å². The maximum absolute atomic E-state index is 13.2. The zero-order valence-electron chi connectivity index (χ0n) is 13.4. The highest BCUT2D eigenvalue weighted by atomic mass is 19.1. The highest BCUT2D eigenvalue weighted by molar-refractivity contribution is 5.30. The number of benzene rings is 2. The predicted octanol–water partition coefficient (Wildman–Crippen LogP) is 3.33. The van der Waals surface area contributed by atoms with Crippen LogP contribution in [-0.4, -0.2) is 27.4 Å². The Morgan fingerprint density at radius 3 is 2.00 bits per heavy atom. The molecule has 1 atom stereocenters. The summed E-state index contributed by atoms with van der Waals surface area (Å²) in [7, 11) is 0. The van der Waals surface area contributed by atoms with Crippen molar-refractivity contribution in [3.8, 4) is 0 Å². The number of rotatable bonds is 7. The van der Waals surface area contributed by atoms with E-state index in [1.807, 2.05) is 0 Å². The number of aliphatic hydroxyl groups is 1. The third-order valence-electron chi connectivity index (χ3n) is 3.78. The van der Waals surface area contributed by atoms with Crippen molar-refractivity contribution >= 4 is 0 Å². The second-order valence-electron chi connectivity index (χ2n) is 5.73. The Morgan fingerprint density at radius 1 is 0.960 bits per heavy atom. The number of nitrogens with zero attached hydrogens (tertiary/aromatic N) is 2. The largest absolute Gasteiger partial charge is 0.389 e. The summed E-state index contributed by atoms with van der Waals surface area (Å²) in [5.74, 6) is -0.691. The van der Waals surface area contributed by atoms with E-state index in [9.17, 15) is 13.9 Å². The van der Waals surface area contributed by atoms with Crippen molar-refractivity contribution in [1.29, 1.82) is 0 Å². The fourth-order valence-electron chi connectivity index (χ4n) is 2.56. The monoisotopic (exact) mass is 344 g/mol. The third kappa shape index (κ3) is 4.71. The molecule has 1 heterocycles. The molecule has 6 heteroatoms. The van der Waals surface area contributed by atoms with Gasteiger partial charge in [-0.25, -0.2) is 13.8 Å². The van der Waals surface area contributed by atoms with E-state index >= 15 is 0 Å². The van der Waals surface area contributed by atoms with E-state index in [1.165, 1.54) is 24.3 Å². The Hall–Kier alpha value is -2.57. The lowest BCUT2D eigenvalue weighted by Crippen LogP contribution is -2.23. The molecule has 25 heavy (non-hydrogen) atoms. The zero-order valence-corrected chi connectivity index (χ0v) is 13.4. The van der Waals surface area contributed by atoms with Crippen molar-refractivity contribution in [1.82, 2.24) is 9.55 Å². The number of halogens is 2. The van der Waals surface area contributed by atoms with E-state index in [0.717, 1.165) is 11.1 Å². The molecule has 0 fully saturated rings. The maximum Gasteiger partial charge on any atom is 0.123 e. The molecule has 0 saturated carbocycles. The van der Waals surface area contributed by atoms with E-state index in [2.05, 4.69) is 4.98 Å². The summed E-state index contributed by atoms with van der Waals surface area (Å²) in [5, 5.41) is 10.2. The first-order chi connectivity index (χ1) is 12.1. The molecule has 0 bridgehead atoms. The van der Waals surface area contributed by atoms with Crippen molar-refractivity contribution in [2.75, 3.05) is 6.61 Å². The lowest BCUT2D eigenvalue weighted by atomic mass is 10.0. The van der Waals surface area contributed by atoms with Gasteiger partial charge in [-0.15, -0.1) is 0 Å². The maximum atomic E-state index is 13.2. The lowest BCUT2D eigenvalue weighted by Gasteiger charge is -2.21. The molecular formula is C19H18F2N2O2. The van der Waals surface area contributed by atoms with Gasteiger partial charge in [0.05, 0.1) is 25.6 Å². The zero-order chi connectivity index (χ0) is 17.6. The fourth-order valence-corrected chi connectivity index (χ4v) is 2.56. The van der Waals surface area contributed by atoms with Crippen molar-refractivity contribution in [3.63, 3.8) is 0 Å². The minimum absolute atomic E-state index is 0.0671. The first kappa shape index (κ1) is 17.3. The second kappa shape index (κ2) is 8.00. The van der Waals surface area contributed by atoms with Crippen LogP contribution in [0.2, 0.25) is 0 Å². The summed E-state index contributed by atoms with van der Waals surface area (Å²) in [4.78, 5) is 3.92. The predicted molar refractivity (Wildman–Crippen MR) is 88.8 cm³/mol. The van der Waals surface area contributed by atoms with Crippen LogP contribution in [0, 0.1) is 11.6 Å². The molecule has 130 valence electrons. The molecule has 0 aliphatic rings. The normalized spacial score (nSPS) is 12.5. The van der Waals surface area contributed by atoms with E-state index in [1.54, 1.807) is 47.6 Å². The standard InChI is InChI=1S/C19H18F2N2O2/c20-16-5-1-14(2-6-16)19(15-3-7-17(21)8-4-15)25-12-18(24)11-23-10-9-22-13-23/h1-10,13,18-19,24H,11-12H2. The topological polar surface area (TPSA) is 47.3 Å². The molecule has 3 rings (SSSR count). The first-order valence-electron chi connectivity index (χ1n) is 7.88. The van der Waals surface area contributed by atoms with Gasteiger partial charge in [0.15, 0.2) is 0 Å². The van der Waals surface area contributed by atoms with Crippen LogP contribution in [0.25, 0.3) is 0 Å². The van der Waals surface area contributed by atoms with Gasteiger partial charge in [-0.1, -0.05) is 24.3 Å². The lowest BCUT2D eigenvalue weighted by molar-refractivity contribution is -0.000618. The van der Waals surface area contributed by atoms with Crippen LogP contribution in [0.3, 0.4) is 0 Å². The van der Waals surface area contributed by atoms with Gasteiger partial charge in [-0.05, 0) is 35.4 Å². The van der Waals surface area contributed by atoms with E-state index < -0.39 is 12.2 Å². The van der Waals surface area contributed by atoms with Gasteiger partial charge in [0, 0.05) is 12.4 Å². The average Bonchev–Trinajstić information content (AvgIpc) is 3.11. The van der Waals surface area contributed by atoms with Crippen LogP contribution in [-0.2, 0) is 11.3 Å². The summed E-state index contributed by atoms with van der Waals surface area (Å²) >= 11 is 0. The second-order valence-corrected chi connectivity index (χ2v) is 5.73. The van der Waals surface area contributed by atoms with Gasteiger partial charge in [0.2, 0.25) is 0 Å².